The summed E-state index contributed by atoms with van der Waals surface area (Å²) in [5, 5.41) is 0.615. The van der Waals surface area contributed by atoms with Gasteiger partial charge in [-0.25, -0.2) is 11.0 Å². The molecular formula is C36H39FN6O2. The number of carbonyl (C=O) groups excluding carboxylic acids is 1. The molecule has 0 spiro atoms. The predicted octanol–water partition coefficient (Wildman–Crippen LogP) is 5.47. The highest BCUT2D eigenvalue weighted by Gasteiger charge is 2.47. The maximum absolute atomic E-state index is 16.8. The van der Waals surface area contributed by atoms with Gasteiger partial charge in [0.1, 0.15) is 17.4 Å². The van der Waals surface area contributed by atoms with Gasteiger partial charge >= 0.3 is 6.01 Å². The smallest absolute Gasteiger partial charge is 0.319 e. The van der Waals surface area contributed by atoms with E-state index in [2.05, 4.69) is 27.3 Å². The summed E-state index contributed by atoms with van der Waals surface area (Å²) in [5.41, 5.74) is 4.54. The van der Waals surface area contributed by atoms with Crippen molar-refractivity contribution in [1.82, 2.24) is 19.8 Å². The van der Waals surface area contributed by atoms with Gasteiger partial charge in [-0.15, -0.1) is 0 Å². The zero-order valence-electron chi connectivity index (χ0n) is 25.7. The minimum absolute atomic E-state index is 0.103. The molecule has 1 aromatic heterocycles. The molecule has 5 aliphatic rings. The van der Waals surface area contributed by atoms with Crippen LogP contribution in [-0.4, -0.2) is 84.1 Å². The van der Waals surface area contributed by atoms with E-state index in [1.54, 1.807) is 4.90 Å². The highest BCUT2D eigenvalue weighted by atomic mass is 19.1. The zero-order chi connectivity index (χ0) is 30.7. The van der Waals surface area contributed by atoms with Gasteiger partial charge in [-0.3, -0.25) is 4.79 Å². The number of benzene rings is 2. The Balaban J connectivity index is 1.17. The molecule has 2 saturated heterocycles. The van der Waals surface area contributed by atoms with E-state index in [1.165, 1.54) is 36.5 Å². The second-order valence-corrected chi connectivity index (χ2v) is 13.8. The summed E-state index contributed by atoms with van der Waals surface area (Å²) < 4.78 is 23.1. The van der Waals surface area contributed by atoms with Crippen LogP contribution in [0.5, 0.6) is 6.01 Å². The number of nitrogens with zero attached hydrogens (tertiary/aromatic N) is 6. The van der Waals surface area contributed by atoms with Gasteiger partial charge in [0, 0.05) is 42.5 Å². The van der Waals surface area contributed by atoms with Gasteiger partial charge in [0.15, 0.2) is 5.82 Å². The fourth-order valence-corrected chi connectivity index (χ4v) is 8.09. The van der Waals surface area contributed by atoms with Crippen molar-refractivity contribution in [1.29, 1.82) is 0 Å². The number of amides is 1. The van der Waals surface area contributed by atoms with Crippen LogP contribution in [0.25, 0.3) is 26.9 Å². The van der Waals surface area contributed by atoms with Crippen molar-refractivity contribution in [3.63, 3.8) is 0 Å². The lowest BCUT2D eigenvalue weighted by Crippen LogP contribution is -2.56. The first kappa shape index (κ1) is 28.4. The number of piperazine rings is 1. The number of hydrogen-bond donors (Lipinski definition) is 0. The summed E-state index contributed by atoms with van der Waals surface area (Å²) in [4.78, 5) is 32.1. The number of anilines is 1. The third-order valence-corrected chi connectivity index (χ3v) is 10.8. The molecule has 232 valence electrons. The predicted molar refractivity (Wildman–Crippen MR) is 172 cm³/mol. The van der Waals surface area contributed by atoms with Gasteiger partial charge in [-0.05, 0) is 92.3 Å². The molecule has 9 heteroatoms. The van der Waals surface area contributed by atoms with Crippen LogP contribution in [0.4, 0.5) is 10.2 Å². The number of carbonyl (C=O) groups is 1. The largest absolute Gasteiger partial charge is 0.463 e. The lowest BCUT2D eigenvalue weighted by atomic mass is 9.93. The second kappa shape index (κ2) is 11.1. The van der Waals surface area contributed by atoms with E-state index >= 15 is 4.39 Å². The van der Waals surface area contributed by atoms with Crippen LogP contribution < -0.4 is 9.64 Å². The number of halogens is 1. The SMILES string of the molecule is [C-]#[N+]C[C@H]1CN(c2nc(OCC3(CN4CCCC4)CC3)nc3c(F)c(-c4cccc5c4[C@H]4C[C@H]4C5)ccc23)CCN1C(=O)C=C. The molecule has 0 unspecified atom stereocenters. The number of fused-ring (bicyclic) bond motifs is 4. The Hall–Kier alpha value is -4.03. The quantitative estimate of drug-likeness (QED) is 0.238. The van der Waals surface area contributed by atoms with Crippen LogP contribution in [0.3, 0.4) is 0 Å². The summed E-state index contributed by atoms with van der Waals surface area (Å²) in [7, 11) is 0. The maximum Gasteiger partial charge on any atom is 0.319 e. The highest BCUT2D eigenvalue weighted by Crippen LogP contribution is 2.59. The Kier molecular flexibility index (Phi) is 7.01. The van der Waals surface area contributed by atoms with Crippen LogP contribution in [0.15, 0.2) is 43.0 Å². The lowest BCUT2D eigenvalue weighted by Gasteiger charge is -2.39. The lowest BCUT2D eigenvalue weighted by molar-refractivity contribution is -0.128. The molecule has 0 radical (unpaired) electrons. The minimum Gasteiger partial charge on any atom is -0.463 e. The van der Waals surface area contributed by atoms with Crippen LogP contribution in [-0.2, 0) is 11.2 Å². The molecule has 2 aromatic carbocycles. The molecule has 3 aromatic rings. The fraction of sp³-hybridized carbons (Fsp3) is 0.500. The summed E-state index contributed by atoms with van der Waals surface area (Å²) >= 11 is 0. The van der Waals surface area contributed by atoms with E-state index in [0.29, 0.717) is 54.8 Å². The van der Waals surface area contributed by atoms with Crippen molar-refractivity contribution in [2.24, 2.45) is 11.3 Å². The molecule has 2 aliphatic heterocycles. The third kappa shape index (κ3) is 5.13. The van der Waals surface area contributed by atoms with Gasteiger partial charge < -0.3 is 24.3 Å². The molecule has 2 saturated carbocycles. The molecule has 3 atom stereocenters. The van der Waals surface area contributed by atoms with Crippen molar-refractivity contribution in [2.75, 3.05) is 57.3 Å². The normalized spacial score (nSPS) is 24.7. The highest BCUT2D eigenvalue weighted by molar-refractivity contribution is 5.94. The van der Waals surface area contributed by atoms with Crippen LogP contribution >= 0.6 is 0 Å². The molecule has 8 rings (SSSR count). The van der Waals surface area contributed by atoms with Gasteiger partial charge in [0.2, 0.25) is 12.5 Å². The Labute approximate surface area is 263 Å². The third-order valence-electron chi connectivity index (χ3n) is 10.8. The van der Waals surface area contributed by atoms with E-state index in [1.807, 2.05) is 24.3 Å². The van der Waals surface area contributed by atoms with E-state index < -0.39 is 0 Å². The summed E-state index contributed by atoms with van der Waals surface area (Å²) in [6, 6.07) is 9.94. The van der Waals surface area contributed by atoms with Gasteiger partial charge in [0.05, 0.1) is 6.61 Å². The van der Waals surface area contributed by atoms with Crippen molar-refractivity contribution in [3.05, 3.63) is 71.3 Å². The van der Waals surface area contributed by atoms with Crippen molar-refractivity contribution in [3.8, 4) is 17.1 Å². The fourth-order valence-electron chi connectivity index (χ4n) is 8.09. The Morgan fingerprint density at radius 2 is 1.98 bits per heavy atom. The summed E-state index contributed by atoms with van der Waals surface area (Å²) in [6.07, 6.45) is 8.30. The summed E-state index contributed by atoms with van der Waals surface area (Å²) in [5.74, 6) is 1.28. The average Bonchev–Trinajstić information content (AvgIpc) is 3.90. The zero-order valence-corrected chi connectivity index (χ0v) is 25.7. The van der Waals surface area contributed by atoms with Crippen molar-refractivity contribution < 1.29 is 13.9 Å². The van der Waals surface area contributed by atoms with E-state index in [9.17, 15) is 4.79 Å². The first-order valence-corrected chi connectivity index (χ1v) is 16.5. The van der Waals surface area contributed by atoms with Gasteiger partial charge in [-0.1, -0.05) is 30.8 Å². The number of hydrogen-bond acceptors (Lipinski definition) is 6. The van der Waals surface area contributed by atoms with E-state index in [4.69, 9.17) is 21.3 Å². The second-order valence-electron chi connectivity index (χ2n) is 13.8. The van der Waals surface area contributed by atoms with E-state index in [0.717, 1.165) is 44.5 Å². The maximum atomic E-state index is 16.8. The standard InChI is InChI=1S/C36H39FN6O2/c1-3-30(44)43-16-15-42(20-25(43)19-38-2)34-28-10-9-27(26-8-6-7-23-17-24-18-29(24)31(23)26)32(37)33(28)39-35(40-34)45-22-36(11-12-36)21-41-13-4-5-14-41/h3,6-10,24-25,29H,1,4-5,11-22H2/t24-,25+,29+/m1/s1. The molecule has 8 nitrogen and oxygen atoms in total. The molecular weight excluding hydrogens is 567 g/mol. The molecule has 1 amide bonds. The van der Waals surface area contributed by atoms with Crippen LogP contribution in [0, 0.1) is 23.7 Å². The number of likely N-dealkylation sites (tertiary alicyclic amines) is 1. The van der Waals surface area contributed by atoms with Crippen LogP contribution in [0.2, 0.25) is 0 Å². The minimum atomic E-state index is -0.352. The first-order valence-electron chi connectivity index (χ1n) is 16.5. The molecule has 3 heterocycles. The van der Waals surface area contributed by atoms with Crippen molar-refractivity contribution in [2.45, 2.75) is 50.5 Å². The first-order chi connectivity index (χ1) is 22.0. The van der Waals surface area contributed by atoms with Gasteiger partial charge in [-0.2, -0.15) is 9.97 Å². The molecule has 4 fully saturated rings. The Bertz CT molecular complexity index is 1720. The molecule has 0 bridgehead atoms. The average molecular weight is 607 g/mol. The number of rotatable bonds is 9. The topological polar surface area (TPSA) is 66.2 Å². The molecule has 3 aliphatic carbocycles. The Morgan fingerprint density at radius 1 is 1.13 bits per heavy atom. The Morgan fingerprint density at radius 3 is 2.76 bits per heavy atom. The van der Waals surface area contributed by atoms with Gasteiger partial charge in [0.25, 0.3) is 0 Å². The van der Waals surface area contributed by atoms with Crippen LogP contribution in [0.1, 0.15) is 49.1 Å². The molecule has 45 heavy (non-hydrogen) atoms. The van der Waals surface area contributed by atoms with E-state index in [-0.39, 0.29) is 41.3 Å². The number of ether oxygens (including phenoxy) is 1. The monoisotopic (exact) mass is 606 g/mol. The summed E-state index contributed by atoms with van der Waals surface area (Å²) in [6.45, 7) is 16.5. The number of aromatic nitrogens is 2. The molecule has 0 N–H and O–H groups in total. The van der Waals surface area contributed by atoms with Crippen molar-refractivity contribution >= 4 is 22.6 Å².